The Labute approximate surface area is 155 Å². The first-order chi connectivity index (χ1) is 12.8. The molecule has 3 rings (SSSR count). The predicted octanol–water partition coefficient (Wildman–Crippen LogP) is 0.782. The molecular weight excluding hydrogens is 355 g/mol. The van der Waals surface area contributed by atoms with E-state index in [4.69, 9.17) is 10.5 Å². The Bertz CT molecular complexity index is 799. The van der Waals surface area contributed by atoms with Crippen LogP contribution in [0.1, 0.15) is 6.92 Å². The normalized spacial score (nSPS) is 19.3. The molecule has 1 atom stereocenters. The van der Waals surface area contributed by atoms with Crippen molar-refractivity contribution in [2.45, 2.75) is 13.0 Å². The Hall–Kier alpha value is -3.30. The average molecular weight is 376 g/mol. The Morgan fingerprint density at radius 2 is 2.22 bits per heavy atom. The van der Waals surface area contributed by atoms with E-state index in [1.165, 1.54) is 19.3 Å². The maximum atomic E-state index is 14.7. The van der Waals surface area contributed by atoms with Gasteiger partial charge in [0.25, 0.3) is 0 Å². The number of hydrogen-bond acceptors (Lipinski definition) is 6. The monoisotopic (exact) mass is 376 g/mol. The summed E-state index contributed by atoms with van der Waals surface area (Å²) in [5.41, 5.74) is 6.10. The summed E-state index contributed by atoms with van der Waals surface area (Å²) in [5, 5.41) is 7.70. The number of nitrogens with two attached hydrogens (primary N) is 1. The number of amides is 3. The molecule has 3 N–H and O–H groups in total. The fourth-order valence-corrected chi connectivity index (χ4v) is 2.90. The topological polar surface area (TPSA) is 104 Å². The second-order valence-corrected chi connectivity index (χ2v) is 6.20. The maximum Gasteiger partial charge on any atom is 0.335 e. The van der Waals surface area contributed by atoms with Crippen molar-refractivity contribution in [1.82, 2.24) is 10.3 Å². The molecule has 10 heteroatoms. The molecule has 3 amide bonds. The number of nitrogens with one attached hydrogen (secondary N) is 1. The van der Waals surface area contributed by atoms with Gasteiger partial charge in [-0.05, 0) is 24.8 Å². The van der Waals surface area contributed by atoms with Crippen LogP contribution in [0.25, 0.3) is 0 Å². The number of nitrogens with zero attached hydrogens (tertiary/aromatic N) is 4. The molecule has 2 aliphatic heterocycles. The third-order valence-corrected chi connectivity index (χ3v) is 4.26. The van der Waals surface area contributed by atoms with E-state index in [2.05, 4.69) is 17.0 Å². The molecule has 0 bridgehead atoms. The summed E-state index contributed by atoms with van der Waals surface area (Å²) in [6.07, 6.45) is 1.12. The smallest absolute Gasteiger partial charge is 0.335 e. The van der Waals surface area contributed by atoms with E-state index in [1.54, 1.807) is 21.9 Å². The average Bonchev–Trinajstić information content (AvgIpc) is 3.01. The summed E-state index contributed by atoms with van der Waals surface area (Å²) < 4.78 is 20.3. The van der Waals surface area contributed by atoms with Crippen molar-refractivity contribution < 1.29 is 18.7 Å². The minimum Gasteiger partial charge on any atom is -0.472 e. The molecule has 9 nitrogen and oxygen atoms in total. The molecule has 0 unspecified atom stereocenters. The minimum atomic E-state index is -0.650. The van der Waals surface area contributed by atoms with Crippen LogP contribution < -0.4 is 20.9 Å². The van der Waals surface area contributed by atoms with Gasteiger partial charge < -0.3 is 25.6 Å². The number of primary amides is 1. The van der Waals surface area contributed by atoms with Crippen molar-refractivity contribution in [1.29, 1.82) is 0 Å². The zero-order valence-electron chi connectivity index (χ0n) is 14.9. The Balaban J connectivity index is 1.70. The van der Waals surface area contributed by atoms with Crippen LogP contribution in [-0.4, -0.2) is 55.6 Å². The van der Waals surface area contributed by atoms with Crippen molar-refractivity contribution >= 4 is 29.7 Å². The molecule has 1 fully saturated rings. The van der Waals surface area contributed by atoms with E-state index in [0.717, 1.165) is 5.01 Å². The molecule has 0 aliphatic carbocycles. The van der Waals surface area contributed by atoms with Gasteiger partial charge in [-0.25, -0.2) is 14.2 Å². The number of carbonyl (C=O) groups is 2. The van der Waals surface area contributed by atoms with Crippen molar-refractivity contribution in [2.24, 2.45) is 10.8 Å². The SMILES string of the molecule is C=C1O[C@@H](CNC(C)=O)CN1c1ccc(N2C=NN(C(N)=O)CC2)c(F)c1. The van der Waals surface area contributed by atoms with Crippen LogP contribution in [0, 0.1) is 5.82 Å². The van der Waals surface area contributed by atoms with Crippen LogP contribution in [-0.2, 0) is 9.53 Å². The van der Waals surface area contributed by atoms with Gasteiger partial charge in [-0.2, -0.15) is 5.10 Å². The Morgan fingerprint density at radius 1 is 1.44 bits per heavy atom. The van der Waals surface area contributed by atoms with Gasteiger partial charge >= 0.3 is 6.03 Å². The van der Waals surface area contributed by atoms with Crippen molar-refractivity contribution in [2.75, 3.05) is 36.0 Å². The summed E-state index contributed by atoms with van der Waals surface area (Å²) in [6.45, 7) is 6.73. The molecule has 2 heterocycles. The van der Waals surface area contributed by atoms with E-state index < -0.39 is 11.8 Å². The highest BCUT2D eigenvalue weighted by molar-refractivity contribution is 5.83. The zero-order chi connectivity index (χ0) is 19.6. The van der Waals surface area contributed by atoms with Crippen molar-refractivity contribution in [3.05, 3.63) is 36.5 Å². The van der Waals surface area contributed by atoms with Gasteiger partial charge in [0.05, 0.1) is 25.3 Å². The number of carbonyl (C=O) groups excluding carboxylic acids is 2. The van der Waals surface area contributed by atoms with Crippen LogP contribution in [0.4, 0.5) is 20.6 Å². The summed E-state index contributed by atoms with van der Waals surface area (Å²) in [5.74, 6) is -0.185. The minimum absolute atomic E-state index is 0.142. The van der Waals surface area contributed by atoms with Crippen LogP contribution in [0.2, 0.25) is 0 Å². The molecule has 144 valence electrons. The fraction of sp³-hybridized carbons (Fsp3) is 0.353. The highest BCUT2D eigenvalue weighted by Gasteiger charge is 2.28. The number of rotatable bonds is 4. The van der Waals surface area contributed by atoms with E-state index in [9.17, 15) is 14.0 Å². The molecule has 1 aromatic rings. The number of hydrazone groups is 1. The van der Waals surface area contributed by atoms with Gasteiger partial charge in [-0.15, -0.1) is 0 Å². The molecule has 1 saturated heterocycles. The van der Waals surface area contributed by atoms with Crippen molar-refractivity contribution in [3.8, 4) is 0 Å². The van der Waals surface area contributed by atoms with Gasteiger partial charge in [0.2, 0.25) is 5.91 Å². The van der Waals surface area contributed by atoms with E-state index in [0.29, 0.717) is 36.9 Å². The molecule has 0 aromatic heterocycles. The molecule has 2 aliphatic rings. The summed E-state index contributed by atoms with van der Waals surface area (Å²) in [6, 6.07) is 4.12. The molecule has 1 aromatic carbocycles. The summed E-state index contributed by atoms with van der Waals surface area (Å²) >= 11 is 0. The lowest BCUT2D eigenvalue weighted by Gasteiger charge is -2.28. The predicted molar refractivity (Wildman–Crippen MR) is 98.6 cm³/mol. The largest absolute Gasteiger partial charge is 0.472 e. The summed E-state index contributed by atoms with van der Waals surface area (Å²) in [7, 11) is 0. The highest BCUT2D eigenvalue weighted by Crippen LogP contribution is 2.30. The second-order valence-electron chi connectivity index (χ2n) is 6.20. The number of benzene rings is 1. The zero-order valence-corrected chi connectivity index (χ0v) is 14.9. The standard InChI is InChI=1S/C17H21FN6O3/c1-11(25)20-8-14-9-23(12(2)27-14)13-3-4-16(15(18)7-13)22-5-6-24(17(19)26)21-10-22/h3-4,7,10,14H,2,5-6,8-9H2,1H3,(H2,19,26)(H,20,25)/t14-/m0/s1. The van der Waals surface area contributed by atoms with Gasteiger partial charge in [-0.1, -0.05) is 0 Å². The van der Waals surface area contributed by atoms with Crippen molar-refractivity contribution in [3.63, 3.8) is 0 Å². The first-order valence-corrected chi connectivity index (χ1v) is 8.40. The summed E-state index contributed by atoms with van der Waals surface area (Å²) in [4.78, 5) is 25.5. The van der Waals surface area contributed by atoms with Gasteiger partial charge in [-0.3, -0.25) is 4.79 Å². The lowest BCUT2D eigenvalue weighted by Crippen LogP contribution is -2.43. The highest BCUT2D eigenvalue weighted by atomic mass is 19.1. The maximum absolute atomic E-state index is 14.7. The molecule has 0 saturated carbocycles. The number of hydrogen-bond donors (Lipinski definition) is 2. The number of anilines is 2. The van der Waals surface area contributed by atoms with Gasteiger partial charge in [0, 0.05) is 19.2 Å². The van der Waals surface area contributed by atoms with Gasteiger partial charge in [0.1, 0.15) is 18.3 Å². The van der Waals surface area contributed by atoms with Crippen LogP contribution >= 0.6 is 0 Å². The quantitative estimate of drug-likeness (QED) is 0.808. The van der Waals surface area contributed by atoms with E-state index >= 15 is 0 Å². The van der Waals surface area contributed by atoms with Crippen LogP contribution in [0.15, 0.2) is 35.8 Å². The van der Waals surface area contributed by atoms with Crippen LogP contribution in [0.3, 0.4) is 0 Å². The first kappa shape index (κ1) is 18.5. The van der Waals surface area contributed by atoms with Crippen LogP contribution in [0.5, 0.6) is 0 Å². The second kappa shape index (κ2) is 7.52. The van der Waals surface area contributed by atoms with E-state index in [1.807, 2.05) is 0 Å². The first-order valence-electron chi connectivity index (χ1n) is 8.40. The lowest BCUT2D eigenvalue weighted by molar-refractivity contribution is -0.119. The fourth-order valence-electron chi connectivity index (χ4n) is 2.90. The number of halogens is 1. The molecular formula is C17H21FN6O3. The third kappa shape index (κ3) is 4.10. The number of urea groups is 1. The number of ether oxygens (including phenoxy) is 1. The Kier molecular flexibility index (Phi) is 5.15. The molecule has 0 radical (unpaired) electrons. The van der Waals surface area contributed by atoms with Gasteiger partial charge in [0.15, 0.2) is 5.88 Å². The Morgan fingerprint density at radius 3 is 2.81 bits per heavy atom. The lowest BCUT2D eigenvalue weighted by atomic mass is 10.2. The third-order valence-electron chi connectivity index (χ3n) is 4.26. The van der Waals surface area contributed by atoms with E-state index in [-0.39, 0.29) is 18.6 Å². The molecule has 27 heavy (non-hydrogen) atoms. The molecule has 0 spiro atoms.